The lowest BCUT2D eigenvalue weighted by atomic mass is 9.44. The topological polar surface area (TPSA) is 82.1 Å². The summed E-state index contributed by atoms with van der Waals surface area (Å²) in [5, 5.41) is 10.9. The van der Waals surface area contributed by atoms with Crippen molar-refractivity contribution in [2.45, 2.75) is 78.1 Å². The van der Waals surface area contributed by atoms with E-state index in [1.807, 2.05) is 0 Å². The molecule has 0 radical (unpaired) electrons. The lowest BCUT2D eigenvalue weighted by Gasteiger charge is -2.64. The Kier molecular flexibility index (Phi) is 5.60. The Bertz CT molecular complexity index is 1300. The molecule has 0 unspecified atom stereocenters. The average Bonchev–Trinajstić information content (AvgIpc) is 3.22. The van der Waals surface area contributed by atoms with Crippen molar-refractivity contribution in [3.63, 3.8) is 0 Å². The molecule has 0 spiro atoms. The van der Waals surface area contributed by atoms with Crippen LogP contribution in [0.3, 0.4) is 0 Å². The second-order valence-corrected chi connectivity index (χ2v) is 13.2. The molecular formula is C30H33BrO6. The van der Waals surface area contributed by atoms with E-state index in [2.05, 4.69) is 43.6 Å². The fourth-order valence-electron chi connectivity index (χ4n) is 7.92. The van der Waals surface area contributed by atoms with Gasteiger partial charge in [-0.1, -0.05) is 36.7 Å². The molecule has 4 aliphatic rings. The molecule has 37 heavy (non-hydrogen) atoms. The van der Waals surface area contributed by atoms with Crippen molar-refractivity contribution in [3.8, 4) is 11.5 Å². The summed E-state index contributed by atoms with van der Waals surface area (Å²) in [6.07, 6.45) is 3.87. The molecule has 0 amide bonds. The summed E-state index contributed by atoms with van der Waals surface area (Å²) in [6.45, 7) is 9.10. The zero-order chi connectivity index (χ0) is 26.3. The number of ether oxygens (including phenoxy) is 3. The Morgan fingerprint density at radius 1 is 1.05 bits per heavy atom. The molecule has 6 nitrogen and oxygen atoms in total. The molecule has 0 bridgehead atoms. The van der Waals surface area contributed by atoms with Crippen molar-refractivity contribution >= 4 is 27.9 Å². The number of aliphatic hydroxyl groups excluding tert-OH is 1. The highest BCUT2D eigenvalue weighted by molar-refractivity contribution is 9.10. The zero-order valence-corrected chi connectivity index (χ0v) is 23.3. The van der Waals surface area contributed by atoms with Crippen LogP contribution < -0.4 is 9.47 Å². The summed E-state index contributed by atoms with van der Waals surface area (Å²) in [5.74, 6) is 0.609. The van der Waals surface area contributed by atoms with Gasteiger partial charge in [0.05, 0.1) is 17.2 Å². The second-order valence-electron chi connectivity index (χ2n) is 12.3. The van der Waals surface area contributed by atoms with E-state index in [-0.39, 0.29) is 29.5 Å². The van der Waals surface area contributed by atoms with Crippen molar-refractivity contribution in [3.05, 3.63) is 57.1 Å². The van der Waals surface area contributed by atoms with Gasteiger partial charge in [0.25, 0.3) is 0 Å². The summed E-state index contributed by atoms with van der Waals surface area (Å²) in [5.41, 5.74) is 1.74. The van der Waals surface area contributed by atoms with E-state index in [4.69, 9.17) is 14.2 Å². The molecule has 6 rings (SSSR count). The van der Waals surface area contributed by atoms with Crippen molar-refractivity contribution in [2.24, 2.45) is 22.7 Å². The average molecular weight is 569 g/mol. The van der Waals surface area contributed by atoms with Crippen LogP contribution in [0.2, 0.25) is 0 Å². The van der Waals surface area contributed by atoms with Crippen molar-refractivity contribution < 1.29 is 28.9 Å². The van der Waals surface area contributed by atoms with E-state index in [0.29, 0.717) is 35.0 Å². The van der Waals surface area contributed by atoms with Crippen LogP contribution in [-0.4, -0.2) is 28.8 Å². The Labute approximate surface area is 225 Å². The molecule has 0 saturated heterocycles. The molecule has 1 N–H and O–H groups in total. The van der Waals surface area contributed by atoms with Gasteiger partial charge in [0.15, 0.2) is 0 Å². The van der Waals surface area contributed by atoms with Crippen LogP contribution in [-0.2, 0) is 17.8 Å². The quantitative estimate of drug-likeness (QED) is 0.341. The van der Waals surface area contributed by atoms with Crippen LogP contribution in [0.25, 0.3) is 0 Å². The fraction of sp³-hybridized carbons (Fsp3) is 0.533. The Morgan fingerprint density at radius 3 is 2.51 bits per heavy atom. The fourth-order valence-corrected chi connectivity index (χ4v) is 8.19. The maximum Gasteiger partial charge on any atom is 0.343 e. The summed E-state index contributed by atoms with van der Waals surface area (Å²) in [7, 11) is 0. The molecule has 2 aromatic rings. The predicted octanol–water partition coefficient (Wildman–Crippen LogP) is 6.25. The minimum Gasteiger partial charge on any atom is -0.486 e. The van der Waals surface area contributed by atoms with Crippen LogP contribution in [0.15, 0.2) is 34.8 Å². The number of hydrogen-bond acceptors (Lipinski definition) is 6. The molecule has 7 heteroatoms. The Hall–Kier alpha value is -2.38. The number of fused-ring (bicyclic) bond motifs is 6. The molecule has 5 atom stereocenters. The summed E-state index contributed by atoms with van der Waals surface area (Å²) in [4.78, 5) is 25.7. The molecule has 2 heterocycles. The molecular weight excluding hydrogens is 536 g/mol. The van der Waals surface area contributed by atoms with Gasteiger partial charge in [-0.05, 0) is 86.1 Å². The number of benzene rings is 2. The number of hydrogen-bond donors (Lipinski definition) is 1. The Balaban J connectivity index is 1.44. The maximum atomic E-state index is 13.1. The number of carbonyl (C=O) groups is 2. The van der Waals surface area contributed by atoms with Gasteiger partial charge in [-0.25, -0.2) is 9.59 Å². The standard InChI is InChI=1S/C30H33BrO6/c1-28(2)22-9-12-30(4)23(29(22,3)11-10-24(28)32)14-19-21(36-26(33)16-5-7-17(31)8-6-16)13-18-20(25(19)37-30)15-35-27(18)34/h5-8,13,22-24,32H,9-12,14-15H2,1-4H3/t22-,23+,24-,29-,30-/m0/s1. The molecule has 196 valence electrons. The van der Waals surface area contributed by atoms with E-state index in [0.717, 1.165) is 41.3 Å². The third-order valence-electron chi connectivity index (χ3n) is 10.0. The number of rotatable bonds is 2. The van der Waals surface area contributed by atoms with E-state index < -0.39 is 17.5 Å². The number of aliphatic hydroxyl groups is 1. The molecule has 2 aliphatic heterocycles. The summed E-state index contributed by atoms with van der Waals surface area (Å²) < 4.78 is 19.1. The van der Waals surface area contributed by atoms with Crippen molar-refractivity contribution in [1.82, 2.24) is 0 Å². The predicted molar refractivity (Wildman–Crippen MR) is 141 cm³/mol. The van der Waals surface area contributed by atoms with Crippen LogP contribution in [0.1, 0.15) is 85.2 Å². The largest absolute Gasteiger partial charge is 0.486 e. The monoisotopic (exact) mass is 568 g/mol. The number of carbonyl (C=O) groups excluding carboxylic acids is 2. The SMILES string of the molecule is CC1(C)[C@@H](O)CC[C@]2(C)[C@H]3Cc4c(OC(=O)c5ccc(Br)cc5)cc5c(c4O[C@@]3(C)CC[C@@H]12)COC5=O. The highest BCUT2D eigenvalue weighted by Crippen LogP contribution is 2.65. The van der Waals surface area contributed by atoms with E-state index >= 15 is 0 Å². The number of esters is 2. The Morgan fingerprint density at radius 2 is 1.78 bits per heavy atom. The van der Waals surface area contributed by atoms with Gasteiger partial charge in [0, 0.05) is 21.5 Å². The van der Waals surface area contributed by atoms with Crippen molar-refractivity contribution in [1.29, 1.82) is 0 Å². The van der Waals surface area contributed by atoms with Crippen molar-refractivity contribution in [2.75, 3.05) is 0 Å². The van der Waals surface area contributed by atoms with Gasteiger partial charge in [-0.2, -0.15) is 0 Å². The first-order chi connectivity index (χ1) is 17.4. The summed E-state index contributed by atoms with van der Waals surface area (Å²) >= 11 is 3.40. The second kappa shape index (κ2) is 8.31. The molecule has 2 aromatic carbocycles. The number of halogens is 1. The highest BCUT2D eigenvalue weighted by atomic mass is 79.9. The molecule has 2 saturated carbocycles. The zero-order valence-electron chi connectivity index (χ0n) is 21.7. The first-order valence-electron chi connectivity index (χ1n) is 13.1. The third kappa shape index (κ3) is 3.68. The number of cyclic esters (lactones) is 1. The van der Waals surface area contributed by atoms with Crippen LogP contribution >= 0.6 is 15.9 Å². The van der Waals surface area contributed by atoms with Gasteiger partial charge in [0.2, 0.25) is 0 Å². The lowest BCUT2D eigenvalue weighted by Crippen LogP contribution is -2.63. The third-order valence-corrected chi connectivity index (χ3v) is 10.5. The van der Waals surface area contributed by atoms with Crippen LogP contribution in [0, 0.1) is 22.7 Å². The normalized spacial score (nSPS) is 33.2. The van der Waals surface area contributed by atoms with Gasteiger partial charge < -0.3 is 19.3 Å². The van der Waals surface area contributed by atoms with E-state index in [1.165, 1.54) is 0 Å². The van der Waals surface area contributed by atoms with Gasteiger partial charge in [-0.15, -0.1) is 0 Å². The first-order valence-corrected chi connectivity index (χ1v) is 13.9. The minimum atomic E-state index is -0.482. The van der Waals surface area contributed by atoms with E-state index in [9.17, 15) is 14.7 Å². The van der Waals surface area contributed by atoms with Crippen LogP contribution in [0.4, 0.5) is 0 Å². The van der Waals surface area contributed by atoms with Gasteiger partial charge in [-0.3, -0.25) is 0 Å². The molecule has 2 aliphatic carbocycles. The van der Waals surface area contributed by atoms with Crippen LogP contribution in [0.5, 0.6) is 11.5 Å². The highest BCUT2D eigenvalue weighted by Gasteiger charge is 2.63. The maximum absolute atomic E-state index is 13.1. The lowest BCUT2D eigenvalue weighted by molar-refractivity contribution is -0.191. The summed E-state index contributed by atoms with van der Waals surface area (Å²) in [6, 6.07) is 8.65. The minimum absolute atomic E-state index is 0.0499. The molecule has 2 fully saturated rings. The smallest absolute Gasteiger partial charge is 0.343 e. The van der Waals surface area contributed by atoms with Gasteiger partial charge >= 0.3 is 11.9 Å². The first kappa shape index (κ1) is 24.9. The van der Waals surface area contributed by atoms with E-state index in [1.54, 1.807) is 30.3 Å². The van der Waals surface area contributed by atoms with Gasteiger partial charge in [0.1, 0.15) is 23.7 Å². The molecule has 0 aromatic heterocycles.